The molecule has 0 atom stereocenters. The first-order valence-electron chi connectivity index (χ1n) is 6.29. The van der Waals surface area contributed by atoms with Crippen molar-refractivity contribution >= 4 is 27.6 Å². The summed E-state index contributed by atoms with van der Waals surface area (Å²) in [6, 6.07) is 8.66. The van der Waals surface area contributed by atoms with Crippen LogP contribution in [-0.4, -0.2) is 19.1 Å². The summed E-state index contributed by atoms with van der Waals surface area (Å²) in [4.78, 5) is 11.4. The molecule has 1 aromatic carbocycles. The van der Waals surface area contributed by atoms with Gasteiger partial charge in [0.15, 0.2) is 0 Å². The highest BCUT2D eigenvalue weighted by molar-refractivity contribution is 9.10. The van der Waals surface area contributed by atoms with E-state index in [0.717, 1.165) is 35.8 Å². The minimum Gasteiger partial charge on any atom is -0.469 e. The van der Waals surface area contributed by atoms with E-state index in [4.69, 9.17) is 4.74 Å². The Morgan fingerprint density at radius 2 is 1.83 bits per heavy atom. The molecule has 0 unspecified atom stereocenters. The average molecular weight is 312 g/mol. The van der Waals surface area contributed by atoms with Gasteiger partial charge in [-0.25, -0.2) is 0 Å². The van der Waals surface area contributed by atoms with Gasteiger partial charge < -0.3 is 10.1 Å². The first kappa shape index (κ1) is 13.4. The van der Waals surface area contributed by atoms with Gasteiger partial charge >= 0.3 is 5.97 Å². The quantitative estimate of drug-likeness (QED) is 0.867. The maximum absolute atomic E-state index is 11.4. The van der Waals surface area contributed by atoms with Crippen molar-refractivity contribution < 1.29 is 9.53 Å². The molecule has 98 valence electrons. The van der Waals surface area contributed by atoms with Crippen molar-refractivity contribution in [2.75, 3.05) is 12.4 Å². The maximum Gasteiger partial charge on any atom is 0.308 e. The molecule has 1 saturated carbocycles. The van der Waals surface area contributed by atoms with Crippen LogP contribution in [0.1, 0.15) is 25.7 Å². The second-order valence-electron chi connectivity index (χ2n) is 4.72. The van der Waals surface area contributed by atoms with Gasteiger partial charge in [-0.15, -0.1) is 0 Å². The van der Waals surface area contributed by atoms with Crippen LogP contribution in [0.3, 0.4) is 0 Å². The van der Waals surface area contributed by atoms with Crippen LogP contribution in [-0.2, 0) is 9.53 Å². The van der Waals surface area contributed by atoms with Gasteiger partial charge in [0, 0.05) is 16.2 Å². The molecule has 0 aliphatic heterocycles. The fourth-order valence-corrected chi connectivity index (χ4v) is 2.69. The second kappa shape index (κ2) is 6.23. The summed E-state index contributed by atoms with van der Waals surface area (Å²) >= 11 is 3.42. The van der Waals surface area contributed by atoms with E-state index in [9.17, 15) is 4.79 Å². The summed E-state index contributed by atoms with van der Waals surface area (Å²) in [5, 5.41) is 3.51. The van der Waals surface area contributed by atoms with Gasteiger partial charge in [0.05, 0.1) is 13.0 Å². The Kier molecular flexibility index (Phi) is 4.64. The van der Waals surface area contributed by atoms with Crippen LogP contribution in [0.4, 0.5) is 5.69 Å². The van der Waals surface area contributed by atoms with E-state index >= 15 is 0 Å². The summed E-state index contributed by atoms with van der Waals surface area (Å²) in [6.45, 7) is 0. The molecule has 0 bridgehead atoms. The van der Waals surface area contributed by atoms with Gasteiger partial charge in [-0.05, 0) is 49.9 Å². The van der Waals surface area contributed by atoms with Crippen molar-refractivity contribution in [3.63, 3.8) is 0 Å². The topological polar surface area (TPSA) is 38.3 Å². The Balaban J connectivity index is 1.83. The molecular weight excluding hydrogens is 294 g/mol. The molecule has 0 saturated heterocycles. The van der Waals surface area contributed by atoms with Crippen molar-refractivity contribution in [3.8, 4) is 0 Å². The van der Waals surface area contributed by atoms with Crippen molar-refractivity contribution in [1.82, 2.24) is 0 Å². The molecule has 1 aliphatic carbocycles. The van der Waals surface area contributed by atoms with Gasteiger partial charge in [-0.3, -0.25) is 4.79 Å². The largest absolute Gasteiger partial charge is 0.469 e. The lowest BCUT2D eigenvalue weighted by molar-refractivity contribution is -0.146. The molecule has 1 aliphatic rings. The molecule has 18 heavy (non-hydrogen) atoms. The lowest BCUT2D eigenvalue weighted by Gasteiger charge is -2.28. The second-order valence-corrected chi connectivity index (χ2v) is 5.64. The van der Waals surface area contributed by atoms with E-state index < -0.39 is 0 Å². The lowest BCUT2D eigenvalue weighted by Crippen LogP contribution is -2.29. The fraction of sp³-hybridized carbons (Fsp3) is 0.500. The SMILES string of the molecule is COC(=O)C1CCC(Nc2ccc(Br)cc2)CC1. The molecular formula is C14H18BrNO2. The fourth-order valence-electron chi connectivity index (χ4n) is 2.42. The smallest absolute Gasteiger partial charge is 0.308 e. The monoisotopic (exact) mass is 311 g/mol. The molecule has 0 spiro atoms. The number of methoxy groups -OCH3 is 1. The average Bonchev–Trinajstić information content (AvgIpc) is 2.41. The number of carbonyl (C=O) groups is 1. The number of halogens is 1. The highest BCUT2D eigenvalue weighted by Gasteiger charge is 2.26. The Morgan fingerprint density at radius 1 is 1.22 bits per heavy atom. The maximum atomic E-state index is 11.4. The molecule has 1 N–H and O–H groups in total. The molecule has 2 rings (SSSR count). The summed E-state index contributed by atoms with van der Waals surface area (Å²) in [6.07, 6.45) is 3.88. The number of hydrogen-bond donors (Lipinski definition) is 1. The summed E-state index contributed by atoms with van der Waals surface area (Å²) in [5.74, 6) is 0.0371. The van der Waals surface area contributed by atoms with E-state index in [2.05, 4.69) is 33.4 Å². The third kappa shape index (κ3) is 3.48. The summed E-state index contributed by atoms with van der Waals surface area (Å²) in [7, 11) is 1.47. The molecule has 4 heteroatoms. The molecule has 0 aromatic heterocycles. The van der Waals surface area contributed by atoms with Gasteiger partial charge in [0.25, 0.3) is 0 Å². The minimum absolute atomic E-state index is 0.0582. The number of ether oxygens (including phenoxy) is 1. The molecule has 1 fully saturated rings. The molecule has 0 heterocycles. The van der Waals surface area contributed by atoms with Gasteiger partial charge in [-0.1, -0.05) is 15.9 Å². The first-order chi connectivity index (χ1) is 8.69. The third-order valence-corrected chi connectivity index (χ3v) is 4.01. The van der Waals surface area contributed by atoms with Crippen molar-refractivity contribution in [3.05, 3.63) is 28.7 Å². The Bertz CT molecular complexity index is 397. The lowest BCUT2D eigenvalue weighted by atomic mass is 9.86. The first-order valence-corrected chi connectivity index (χ1v) is 7.08. The van der Waals surface area contributed by atoms with Crippen LogP contribution in [0, 0.1) is 5.92 Å². The zero-order valence-corrected chi connectivity index (χ0v) is 12.1. The Hall–Kier alpha value is -1.03. The van der Waals surface area contributed by atoms with Crippen LogP contribution in [0.2, 0.25) is 0 Å². The molecule has 1 aromatic rings. The number of rotatable bonds is 3. The van der Waals surface area contributed by atoms with Crippen molar-refractivity contribution in [2.45, 2.75) is 31.7 Å². The minimum atomic E-state index is -0.0582. The van der Waals surface area contributed by atoms with E-state index in [0.29, 0.717) is 6.04 Å². The molecule has 0 amide bonds. The molecule has 3 nitrogen and oxygen atoms in total. The van der Waals surface area contributed by atoms with Gasteiger partial charge in [0.2, 0.25) is 0 Å². The number of hydrogen-bond acceptors (Lipinski definition) is 3. The molecule has 0 radical (unpaired) electrons. The highest BCUT2D eigenvalue weighted by Crippen LogP contribution is 2.27. The summed E-state index contributed by atoms with van der Waals surface area (Å²) in [5.41, 5.74) is 1.14. The summed E-state index contributed by atoms with van der Waals surface area (Å²) < 4.78 is 5.88. The van der Waals surface area contributed by atoms with Crippen molar-refractivity contribution in [2.24, 2.45) is 5.92 Å². The number of carbonyl (C=O) groups excluding carboxylic acids is 1. The standard InChI is InChI=1S/C14H18BrNO2/c1-18-14(17)10-2-6-12(7-3-10)16-13-8-4-11(15)5-9-13/h4-5,8-10,12,16H,2-3,6-7H2,1H3. The van der Waals surface area contributed by atoms with E-state index in [-0.39, 0.29) is 11.9 Å². The number of nitrogens with one attached hydrogen (secondary N) is 1. The van der Waals surface area contributed by atoms with Crippen molar-refractivity contribution in [1.29, 1.82) is 0 Å². The van der Waals surface area contributed by atoms with Crippen LogP contribution < -0.4 is 5.32 Å². The van der Waals surface area contributed by atoms with Crippen LogP contribution in [0.15, 0.2) is 28.7 Å². The zero-order valence-electron chi connectivity index (χ0n) is 10.5. The predicted octanol–water partition coefficient (Wildman–Crippen LogP) is 3.59. The number of esters is 1. The number of benzene rings is 1. The van der Waals surface area contributed by atoms with Crippen LogP contribution in [0.5, 0.6) is 0 Å². The van der Waals surface area contributed by atoms with Crippen LogP contribution >= 0.6 is 15.9 Å². The normalized spacial score (nSPS) is 23.4. The van der Waals surface area contributed by atoms with Gasteiger partial charge in [-0.2, -0.15) is 0 Å². The zero-order chi connectivity index (χ0) is 13.0. The van der Waals surface area contributed by atoms with Crippen LogP contribution in [0.25, 0.3) is 0 Å². The highest BCUT2D eigenvalue weighted by atomic mass is 79.9. The van der Waals surface area contributed by atoms with E-state index in [1.54, 1.807) is 0 Å². The van der Waals surface area contributed by atoms with E-state index in [1.165, 1.54) is 7.11 Å². The predicted molar refractivity (Wildman–Crippen MR) is 75.5 cm³/mol. The number of anilines is 1. The van der Waals surface area contributed by atoms with Gasteiger partial charge in [0.1, 0.15) is 0 Å². The third-order valence-electron chi connectivity index (χ3n) is 3.48. The van der Waals surface area contributed by atoms with E-state index in [1.807, 2.05) is 12.1 Å². The Labute approximate surface area is 116 Å². The Morgan fingerprint density at radius 3 is 2.39 bits per heavy atom.